The molecule has 7 nitrogen and oxygen atoms in total. The SMILES string of the molecule is COc1cc(C(=O)N[C@H]2O[C@@H](c3ccccc3)[C@@H](C)N3CCCC[C@@H]23)cc(OC)c1OC. The van der Waals surface area contributed by atoms with Gasteiger partial charge in [0.25, 0.3) is 5.91 Å². The van der Waals surface area contributed by atoms with Crippen LogP contribution in [0.4, 0.5) is 0 Å². The van der Waals surface area contributed by atoms with Crippen LogP contribution in [0, 0.1) is 0 Å². The van der Waals surface area contributed by atoms with Gasteiger partial charge in [0.2, 0.25) is 5.75 Å². The Morgan fingerprint density at radius 2 is 1.72 bits per heavy atom. The number of nitrogens with zero attached hydrogens (tertiary/aromatic N) is 1. The highest BCUT2D eigenvalue weighted by atomic mass is 16.5. The van der Waals surface area contributed by atoms with E-state index in [1.165, 1.54) is 14.2 Å². The van der Waals surface area contributed by atoms with Gasteiger partial charge in [-0.1, -0.05) is 36.8 Å². The van der Waals surface area contributed by atoms with E-state index in [0.29, 0.717) is 22.8 Å². The number of ether oxygens (including phenoxy) is 4. The summed E-state index contributed by atoms with van der Waals surface area (Å²) in [5, 5.41) is 3.14. The van der Waals surface area contributed by atoms with Crippen molar-refractivity contribution in [2.24, 2.45) is 0 Å². The van der Waals surface area contributed by atoms with Crippen LogP contribution in [0.25, 0.3) is 0 Å². The molecule has 2 aromatic carbocycles. The summed E-state index contributed by atoms with van der Waals surface area (Å²) < 4.78 is 22.7. The summed E-state index contributed by atoms with van der Waals surface area (Å²) in [7, 11) is 4.61. The Balaban J connectivity index is 1.61. The number of benzene rings is 2. The van der Waals surface area contributed by atoms with E-state index in [0.717, 1.165) is 31.4 Å². The van der Waals surface area contributed by atoms with Crippen LogP contribution in [-0.2, 0) is 4.74 Å². The van der Waals surface area contributed by atoms with E-state index in [9.17, 15) is 4.79 Å². The monoisotopic (exact) mass is 440 g/mol. The molecule has 0 aliphatic carbocycles. The van der Waals surface area contributed by atoms with Gasteiger partial charge in [0, 0.05) is 11.6 Å². The molecule has 0 bridgehead atoms. The molecule has 4 rings (SSSR count). The first-order chi connectivity index (χ1) is 15.6. The Kier molecular flexibility index (Phi) is 6.86. The Morgan fingerprint density at radius 3 is 2.34 bits per heavy atom. The summed E-state index contributed by atoms with van der Waals surface area (Å²) in [6.07, 6.45) is 2.75. The van der Waals surface area contributed by atoms with Gasteiger partial charge in [0.15, 0.2) is 11.5 Å². The normalized spacial score (nSPS) is 25.5. The smallest absolute Gasteiger partial charge is 0.253 e. The highest BCUT2D eigenvalue weighted by Gasteiger charge is 2.43. The van der Waals surface area contributed by atoms with Gasteiger partial charge in [0.05, 0.1) is 27.4 Å². The number of nitrogens with one attached hydrogen (secondary N) is 1. The second kappa shape index (κ2) is 9.79. The number of hydrogen-bond acceptors (Lipinski definition) is 6. The number of rotatable bonds is 6. The zero-order valence-corrected chi connectivity index (χ0v) is 19.2. The zero-order chi connectivity index (χ0) is 22.7. The van der Waals surface area contributed by atoms with Gasteiger partial charge >= 0.3 is 0 Å². The average Bonchev–Trinajstić information content (AvgIpc) is 2.85. The third-order valence-electron chi connectivity index (χ3n) is 6.52. The van der Waals surface area contributed by atoms with Crippen molar-refractivity contribution in [3.05, 3.63) is 53.6 Å². The van der Waals surface area contributed by atoms with E-state index in [1.54, 1.807) is 19.2 Å². The number of morpholine rings is 1. The summed E-state index contributed by atoms with van der Waals surface area (Å²) in [5.74, 6) is 1.10. The number of hydrogen-bond donors (Lipinski definition) is 1. The van der Waals surface area contributed by atoms with E-state index < -0.39 is 6.23 Å². The van der Waals surface area contributed by atoms with E-state index in [4.69, 9.17) is 18.9 Å². The fourth-order valence-electron chi connectivity index (χ4n) is 4.90. The van der Waals surface area contributed by atoms with Gasteiger partial charge in [-0.2, -0.15) is 0 Å². The van der Waals surface area contributed by atoms with Gasteiger partial charge in [-0.3, -0.25) is 9.69 Å². The lowest BCUT2D eigenvalue weighted by Gasteiger charge is -2.51. The lowest BCUT2D eigenvalue weighted by atomic mass is 9.91. The summed E-state index contributed by atoms with van der Waals surface area (Å²) in [4.78, 5) is 15.8. The molecule has 1 N–H and O–H groups in total. The standard InChI is InChI=1S/C25H32N2O5/c1-16-22(17-10-6-5-7-11-17)32-25(19-12-8-9-13-27(16)19)26-24(28)18-14-20(29-2)23(31-4)21(15-18)30-3/h5-7,10-11,14-16,19,22,25H,8-9,12-13H2,1-4H3,(H,26,28)/t16-,19+,22-,25+/m1/s1. The van der Waals surface area contributed by atoms with Crippen LogP contribution in [0.2, 0.25) is 0 Å². The van der Waals surface area contributed by atoms with E-state index in [-0.39, 0.29) is 24.1 Å². The minimum atomic E-state index is -0.414. The summed E-state index contributed by atoms with van der Waals surface area (Å²) >= 11 is 0. The summed E-state index contributed by atoms with van der Waals surface area (Å²) in [5.41, 5.74) is 1.55. The van der Waals surface area contributed by atoms with Gasteiger partial charge in [0.1, 0.15) is 12.3 Å². The van der Waals surface area contributed by atoms with Crippen LogP contribution in [0.1, 0.15) is 48.2 Å². The molecule has 4 atom stereocenters. The van der Waals surface area contributed by atoms with Gasteiger partial charge < -0.3 is 24.3 Å². The predicted octanol–water partition coefficient (Wildman–Crippen LogP) is 3.78. The maximum absolute atomic E-state index is 13.3. The zero-order valence-electron chi connectivity index (χ0n) is 19.2. The molecule has 0 aromatic heterocycles. The molecule has 2 fully saturated rings. The number of fused-ring (bicyclic) bond motifs is 1. The molecule has 2 heterocycles. The maximum Gasteiger partial charge on any atom is 0.253 e. The van der Waals surface area contributed by atoms with E-state index in [1.807, 2.05) is 18.2 Å². The van der Waals surface area contributed by atoms with Crippen LogP contribution in [0.5, 0.6) is 17.2 Å². The maximum atomic E-state index is 13.3. The van der Waals surface area contributed by atoms with Crippen LogP contribution < -0.4 is 19.5 Å². The topological polar surface area (TPSA) is 69.3 Å². The van der Waals surface area contributed by atoms with Crippen molar-refractivity contribution in [3.8, 4) is 17.2 Å². The second-order valence-electron chi connectivity index (χ2n) is 8.32. The van der Waals surface area contributed by atoms with Gasteiger partial charge in [-0.15, -0.1) is 0 Å². The van der Waals surface area contributed by atoms with Crippen molar-refractivity contribution in [1.82, 2.24) is 10.2 Å². The summed E-state index contributed by atoms with van der Waals surface area (Å²) in [6.45, 7) is 3.22. The number of carbonyl (C=O) groups is 1. The van der Waals surface area contributed by atoms with E-state index in [2.05, 4.69) is 29.3 Å². The van der Waals surface area contributed by atoms with Crippen molar-refractivity contribution in [2.45, 2.75) is 50.6 Å². The Bertz CT molecular complexity index is 910. The van der Waals surface area contributed by atoms with Crippen LogP contribution in [0.3, 0.4) is 0 Å². The number of carbonyl (C=O) groups excluding carboxylic acids is 1. The first-order valence-electron chi connectivity index (χ1n) is 11.1. The molecule has 172 valence electrons. The lowest BCUT2D eigenvalue weighted by molar-refractivity contribution is -0.167. The first-order valence-corrected chi connectivity index (χ1v) is 11.1. The van der Waals surface area contributed by atoms with Crippen LogP contribution >= 0.6 is 0 Å². The third-order valence-corrected chi connectivity index (χ3v) is 6.52. The van der Waals surface area contributed by atoms with Crippen molar-refractivity contribution in [3.63, 3.8) is 0 Å². The molecule has 2 aliphatic heterocycles. The van der Waals surface area contributed by atoms with Crippen LogP contribution in [0.15, 0.2) is 42.5 Å². The number of methoxy groups -OCH3 is 3. The lowest BCUT2D eigenvalue weighted by Crippen LogP contribution is -2.63. The Labute approximate surface area is 189 Å². The molecular weight excluding hydrogens is 408 g/mol. The Hall–Kier alpha value is -2.77. The summed E-state index contributed by atoms with van der Waals surface area (Å²) in [6, 6.07) is 13.9. The van der Waals surface area contributed by atoms with Gasteiger partial charge in [-0.25, -0.2) is 0 Å². The highest BCUT2D eigenvalue weighted by Crippen LogP contribution is 2.39. The molecule has 0 spiro atoms. The fourth-order valence-corrected chi connectivity index (χ4v) is 4.90. The molecule has 2 saturated heterocycles. The molecule has 2 aliphatic rings. The quantitative estimate of drug-likeness (QED) is 0.737. The minimum Gasteiger partial charge on any atom is -0.493 e. The van der Waals surface area contributed by atoms with Crippen molar-refractivity contribution in [1.29, 1.82) is 0 Å². The number of piperidine rings is 1. The third kappa shape index (κ3) is 4.27. The van der Waals surface area contributed by atoms with Gasteiger partial charge in [-0.05, 0) is 44.0 Å². The molecule has 0 unspecified atom stereocenters. The molecular formula is C25H32N2O5. The second-order valence-corrected chi connectivity index (χ2v) is 8.32. The molecule has 0 saturated carbocycles. The predicted molar refractivity (Wildman–Crippen MR) is 121 cm³/mol. The van der Waals surface area contributed by atoms with Crippen LogP contribution in [-0.4, -0.2) is 57.0 Å². The molecule has 2 aromatic rings. The van der Waals surface area contributed by atoms with Crippen molar-refractivity contribution in [2.75, 3.05) is 27.9 Å². The molecule has 0 radical (unpaired) electrons. The largest absolute Gasteiger partial charge is 0.493 e. The van der Waals surface area contributed by atoms with E-state index >= 15 is 0 Å². The minimum absolute atomic E-state index is 0.115. The molecule has 1 amide bonds. The fraction of sp³-hybridized carbons (Fsp3) is 0.480. The highest BCUT2D eigenvalue weighted by molar-refractivity contribution is 5.95. The number of amides is 1. The Morgan fingerprint density at radius 1 is 1.03 bits per heavy atom. The first kappa shape index (κ1) is 22.4. The van der Waals surface area contributed by atoms with Crippen molar-refractivity contribution >= 4 is 5.91 Å². The average molecular weight is 441 g/mol. The molecule has 32 heavy (non-hydrogen) atoms. The molecule has 7 heteroatoms. The van der Waals surface area contributed by atoms with Crippen molar-refractivity contribution < 1.29 is 23.7 Å².